The second-order valence-corrected chi connectivity index (χ2v) is 5.33. The minimum Gasteiger partial charge on any atom is -0.384 e. The van der Waals surface area contributed by atoms with Gasteiger partial charge < -0.3 is 10.6 Å². The van der Waals surface area contributed by atoms with Gasteiger partial charge in [0.15, 0.2) is 0 Å². The summed E-state index contributed by atoms with van der Waals surface area (Å²) >= 11 is 0. The molecule has 21 heavy (non-hydrogen) atoms. The Balaban J connectivity index is 1.54. The zero-order chi connectivity index (χ0) is 14.7. The lowest BCUT2D eigenvalue weighted by molar-refractivity contribution is 0.577. The van der Waals surface area contributed by atoms with Crippen molar-refractivity contribution < 1.29 is 8.78 Å². The highest BCUT2D eigenvalue weighted by Gasteiger charge is 2.12. The van der Waals surface area contributed by atoms with Gasteiger partial charge in [-0.1, -0.05) is 18.2 Å². The molecule has 1 aliphatic heterocycles. The fourth-order valence-electron chi connectivity index (χ4n) is 2.77. The van der Waals surface area contributed by atoms with Gasteiger partial charge in [0.2, 0.25) is 0 Å². The fourth-order valence-corrected chi connectivity index (χ4v) is 2.77. The van der Waals surface area contributed by atoms with E-state index in [2.05, 4.69) is 28.8 Å². The third-order valence-electron chi connectivity index (χ3n) is 3.76. The van der Waals surface area contributed by atoms with Crippen LogP contribution < -0.4 is 10.6 Å². The van der Waals surface area contributed by atoms with Crippen LogP contribution in [0.4, 0.5) is 14.5 Å². The second-order valence-electron chi connectivity index (χ2n) is 5.33. The molecule has 0 saturated carbocycles. The molecule has 0 radical (unpaired) electrons. The smallest absolute Gasteiger partial charge is 0.126 e. The highest BCUT2D eigenvalue weighted by molar-refractivity contribution is 5.61. The summed E-state index contributed by atoms with van der Waals surface area (Å²) in [5.74, 6) is -1.04. The summed E-state index contributed by atoms with van der Waals surface area (Å²) in [7, 11) is 0. The Kier molecular flexibility index (Phi) is 4.15. The zero-order valence-electron chi connectivity index (χ0n) is 11.8. The minimum atomic E-state index is -0.518. The molecule has 2 nitrogen and oxygen atoms in total. The summed E-state index contributed by atoms with van der Waals surface area (Å²) in [6.45, 7) is 2.44. The van der Waals surface area contributed by atoms with Gasteiger partial charge in [0.25, 0.3) is 0 Å². The molecule has 0 atom stereocenters. The lowest BCUT2D eigenvalue weighted by atomic mass is 10.1. The first-order chi connectivity index (χ1) is 10.2. The normalized spacial score (nSPS) is 13.0. The number of fused-ring (bicyclic) bond motifs is 1. The van der Waals surface area contributed by atoms with Crippen LogP contribution >= 0.6 is 0 Å². The Labute approximate surface area is 123 Å². The van der Waals surface area contributed by atoms with Gasteiger partial charge in [-0.05, 0) is 48.2 Å². The van der Waals surface area contributed by atoms with E-state index in [1.54, 1.807) is 0 Å². The van der Waals surface area contributed by atoms with Crippen LogP contribution in [0.2, 0.25) is 0 Å². The van der Waals surface area contributed by atoms with E-state index in [1.807, 2.05) is 0 Å². The van der Waals surface area contributed by atoms with Gasteiger partial charge >= 0.3 is 0 Å². The highest BCUT2D eigenvalue weighted by atomic mass is 19.1. The van der Waals surface area contributed by atoms with E-state index in [1.165, 1.54) is 28.9 Å². The van der Waals surface area contributed by atoms with Gasteiger partial charge in [0.1, 0.15) is 11.6 Å². The largest absolute Gasteiger partial charge is 0.384 e. The number of hydrogen-bond acceptors (Lipinski definition) is 2. The predicted octanol–water partition coefficient (Wildman–Crippen LogP) is 3.27. The van der Waals surface area contributed by atoms with Gasteiger partial charge in [-0.3, -0.25) is 0 Å². The third-order valence-corrected chi connectivity index (χ3v) is 3.76. The van der Waals surface area contributed by atoms with Gasteiger partial charge in [-0.25, -0.2) is 8.78 Å². The van der Waals surface area contributed by atoms with Crippen molar-refractivity contribution in [3.05, 3.63) is 64.7 Å². The van der Waals surface area contributed by atoms with Crippen molar-refractivity contribution in [3.8, 4) is 0 Å². The second kappa shape index (κ2) is 6.22. The van der Waals surface area contributed by atoms with Gasteiger partial charge in [0, 0.05) is 24.8 Å². The maximum Gasteiger partial charge on any atom is 0.126 e. The monoisotopic (exact) mass is 288 g/mol. The summed E-state index contributed by atoms with van der Waals surface area (Å²) in [6.07, 6.45) is 1.68. The van der Waals surface area contributed by atoms with E-state index in [0.29, 0.717) is 18.5 Å². The third kappa shape index (κ3) is 3.39. The Bertz CT molecular complexity index is 620. The first-order valence-corrected chi connectivity index (χ1v) is 7.23. The van der Waals surface area contributed by atoms with Crippen LogP contribution in [0.1, 0.15) is 16.7 Å². The van der Waals surface area contributed by atoms with Crippen molar-refractivity contribution in [1.82, 2.24) is 5.32 Å². The molecule has 0 amide bonds. The minimum absolute atomic E-state index is 0.518. The molecule has 110 valence electrons. The number of para-hydroxylation sites is 1. The van der Waals surface area contributed by atoms with Crippen molar-refractivity contribution >= 4 is 5.69 Å². The number of anilines is 1. The Morgan fingerprint density at radius 3 is 2.71 bits per heavy atom. The molecule has 0 aliphatic carbocycles. The maximum absolute atomic E-state index is 13.1. The molecule has 0 unspecified atom stereocenters. The highest BCUT2D eigenvalue weighted by Crippen LogP contribution is 2.26. The number of hydrogen-bond donors (Lipinski definition) is 2. The van der Waals surface area contributed by atoms with Crippen LogP contribution in [-0.4, -0.2) is 13.1 Å². The van der Waals surface area contributed by atoms with E-state index in [0.717, 1.165) is 25.6 Å². The van der Waals surface area contributed by atoms with Crippen LogP contribution in [0.3, 0.4) is 0 Å². The molecule has 2 N–H and O–H groups in total. The molecule has 4 heteroatoms. The van der Waals surface area contributed by atoms with Crippen molar-refractivity contribution in [2.45, 2.75) is 19.4 Å². The first-order valence-electron chi connectivity index (χ1n) is 7.23. The summed E-state index contributed by atoms with van der Waals surface area (Å²) in [5.41, 5.74) is 4.52. The van der Waals surface area contributed by atoms with E-state index in [-0.39, 0.29) is 0 Å². The molecule has 0 spiro atoms. The quantitative estimate of drug-likeness (QED) is 0.825. The zero-order valence-corrected chi connectivity index (χ0v) is 11.8. The molecule has 0 bridgehead atoms. The van der Waals surface area contributed by atoms with Crippen molar-refractivity contribution in [2.75, 3.05) is 18.4 Å². The Hall–Kier alpha value is -1.94. The standard InChI is InChI=1S/C17H18F2N2/c18-15-8-12(9-16(19)10-15)4-6-20-11-14-3-1-2-13-5-7-21-17(13)14/h1-3,8-10,20-21H,4-7,11H2. The molecule has 2 aromatic rings. The lowest BCUT2D eigenvalue weighted by Gasteiger charge is -2.10. The molecule has 0 aromatic heterocycles. The Morgan fingerprint density at radius 1 is 1.10 bits per heavy atom. The van der Waals surface area contributed by atoms with E-state index in [4.69, 9.17) is 0 Å². The fraction of sp³-hybridized carbons (Fsp3) is 0.294. The molecule has 0 saturated heterocycles. The molecule has 1 heterocycles. The van der Waals surface area contributed by atoms with Crippen molar-refractivity contribution in [3.63, 3.8) is 0 Å². The molecule has 2 aromatic carbocycles. The molecule has 0 fully saturated rings. The molecule has 3 rings (SSSR count). The Morgan fingerprint density at radius 2 is 1.90 bits per heavy atom. The topological polar surface area (TPSA) is 24.1 Å². The number of nitrogens with one attached hydrogen (secondary N) is 2. The molecular weight excluding hydrogens is 270 g/mol. The average Bonchev–Trinajstić information content (AvgIpc) is 2.91. The maximum atomic E-state index is 13.1. The van der Waals surface area contributed by atoms with Crippen LogP contribution in [0.25, 0.3) is 0 Å². The summed E-state index contributed by atoms with van der Waals surface area (Å²) in [4.78, 5) is 0. The lowest BCUT2D eigenvalue weighted by Crippen LogP contribution is -2.17. The van der Waals surface area contributed by atoms with Crippen LogP contribution in [0.15, 0.2) is 36.4 Å². The van der Waals surface area contributed by atoms with Crippen molar-refractivity contribution in [2.24, 2.45) is 0 Å². The first kappa shape index (κ1) is 14.0. The van der Waals surface area contributed by atoms with E-state index in [9.17, 15) is 8.78 Å². The van der Waals surface area contributed by atoms with Crippen LogP contribution in [-0.2, 0) is 19.4 Å². The van der Waals surface area contributed by atoms with E-state index < -0.39 is 11.6 Å². The van der Waals surface area contributed by atoms with Crippen LogP contribution in [0.5, 0.6) is 0 Å². The number of benzene rings is 2. The average molecular weight is 288 g/mol. The number of halogens is 2. The summed E-state index contributed by atoms with van der Waals surface area (Å²) in [5, 5.41) is 6.74. The van der Waals surface area contributed by atoms with Crippen LogP contribution in [0, 0.1) is 11.6 Å². The van der Waals surface area contributed by atoms with Gasteiger partial charge in [-0.15, -0.1) is 0 Å². The SMILES string of the molecule is Fc1cc(F)cc(CCNCc2cccc3c2NCC3)c1. The predicted molar refractivity (Wildman–Crippen MR) is 80.4 cm³/mol. The van der Waals surface area contributed by atoms with Gasteiger partial charge in [-0.2, -0.15) is 0 Å². The van der Waals surface area contributed by atoms with E-state index >= 15 is 0 Å². The number of rotatable bonds is 5. The molecular formula is C17H18F2N2. The summed E-state index contributed by atoms with van der Waals surface area (Å²) < 4.78 is 26.2. The summed E-state index contributed by atoms with van der Waals surface area (Å²) in [6, 6.07) is 9.99. The van der Waals surface area contributed by atoms with Gasteiger partial charge in [0.05, 0.1) is 0 Å². The molecule has 1 aliphatic rings. The van der Waals surface area contributed by atoms with Crippen molar-refractivity contribution in [1.29, 1.82) is 0 Å².